The van der Waals surface area contributed by atoms with Crippen LogP contribution in [0.4, 0.5) is 10.1 Å². The van der Waals surface area contributed by atoms with Crippen molar-refractivity contribution in [1.82, 2.24) is 0 Å². The maximum atomic E-state index is 13.8. The molecule has 3 heteroatoms. The standard InChI is InChI=1S/C13H16FNO/c14-12-7-5-6-11(10-16)13(12)15-8-3-1-2-4-9-15/h5-7,10H,1-4,8-9H2. The highest BCUT2D eigenvalue weighted by Gasteiger charge is 2.16. The van der Waals surface area contributed by atoms with Gasteiger partial charge in [0.05, 0.1) is 5.69 Å². The van der Waals surface area contributed by atoms with Gasteiger partial charge in [-0.05, 0) is 25.0 Å². The minimum atomic E-state index is -0.286. The Bertz CT molecular complexity index is 370. The third-order valence-electron chi connectivity index (χ3n) is 3.07. The largest absolute Gasteiger partial charge is 0.369 e. The van der Waals surface area contributed by atoms with E-state index in [9.17, 15) is 9.18 Å². The average Bonchev–Trinajstić information content (AvgIpc) is 2.57. The molecule has 0 amide bonds. The van der Waals surface area contributed by atoms with E-state index in [1.165, 1.54) is 18.9 Å². The highest BCUT2D eigenvalue weighted by Crippen LogP contribution is 2.25. The van der Waals surface area contributed by atoms with Gasteiger partial charge in [-0.2, -0.15) is 0 Å². The van der Waals surface area contributed by atoms with Gasteiger partial charge in [0.25, 0.3) is 0 Å². The van der Waals surface area contributed by atoms with Crippen molar-refractivity contribution in [2.24, 2.45) is 0 Å². The van der Waals surface area contributed by atoms with Crippen LogP contribution in [0.2, 0.25) is 0 Å². The molecule has 2 rings (SSSR count). The van der Waals surface area contributed by atoms with Crippen molar-refractivity contribution in [3.8, 4) is 0 Å². The Hall–Kier alpha value is -1.38. The molecule has 0 unspecified atom stereocenters. The number of rotatable bonds is 2. The van der Waals surface area contributed by atoms with Crippen LogP contribution in [-0.2, 0) is 0 Å². The zero-order valence-electron chi connectivity index (χ0n) is 9.29. The van der Waals surface area contributed by atoms with Gasteiger partial charge in [0, 0.05) is 18.7 Å². The molecule has 16 heavy (non-hydrogen) atoms. The summed E-state index contributed by atoms with van der Waals surface area (Å²) in [6.45, 7) is 1.70. The number of carbonyl (C=O) groups is 1. The van der Waals surface area contributed by atoms with Crippen molar-refractivity contribution in [2.45, 2.75) is 25.7 Å². The van der Waals surface area contributed by atoms with E-state index in [2.05, 4.69) is 0 Å². The van der Waals surface area contributed by atoms with Gasteiger partial charge in [-0.1, -0.05) is 18.9 Å². The first kappa shape index (κ1) is 11.1. The quantitative estimate of drug-likeness (QED) is 0.715. The molecule has 1 aromatic rings. The lowest BCUT2D eigenvalue weighted by Gasteiger charge is -2.24. The summed E-state index contributed by atoms with van der Waals surface area (Å²) < 4.78 is 13.8. The van der Waals surface area contributed by atoms with Crippen LogP contribution in [0.1, 0.15) is 36.0 Å². The predicted octanol–water partition coefficient (Wildman–Crippen LogP) is 3.02. The molecule has 86 valence electrons. The predicted molar refractivity (Wildman–Crippen MR) is 62.5 cm³/mol. The average molecular weight is 221 g/mol. The molecule has 0 radical (unpaired) electrons. The maximum absolute atomic E-state index is 13.8. The molecule has 1 heterocycles. The second-order valence-electron chi connectivity index (χ2n) is 4.20. The van der Waals surface area contributed by atoms with Crippen LogP contribution < -0.4 is 4.90 Å². The Balaban J connectivity index is 2.33. The number of hydrogen-bond acceptors (Lipinski definition) is 2. The molecule has 0 aromatic heterocycles. The summed E-state index contributed by atoms with van der Waals surface area (Å²) in [4.78, 5) is 12.9. The van der Waals surface area contributed by atoms with Crippen molar-refractivity contribution >= 4 is 12.0 Å². The SMILES string of the molecule is O=Cc1cccc(F)c1N1CCCCCC1. The summed E-state index contributed by atoms with van der Waals surface area (Å²) in [6.07, 6.45) is 5.28. The fourth-order valence-corrected chi connectivity index (χ4v) is 2.26. The smallest absolute Gasteiger partial charge is 0.152 e. The Morgan fingerprint density at radius 3 is 2.44 bits per heavy atom. The third-order valence-corrected chi connectivity index (χ3v) is 3.07. The van der Waals surface area contributed by atoms with Crippen molar-refractivity contribution in [3.63, 3.8) is 0 Å². The van der Waals surface area contributed by atoms with Crippen molar-refractivity contribution in [3.05, 3.63) is 29.6 Å². The zero-order valence-corrected chi connectivity index (χ0v) is 9.29. The van der Waals surface area contributed by atoms with Crippen LogP contribution in [0, 0.1) is 5.82 Å². The third kappa shape index (κ3) is 2.23. The van der Waals surface area contributed by atoms with E-state index >= 15 is 0 Å². The zero-order chi connectivity index (χ0) is 11.4. The van der Waals surface area contributed by atoms with E-state index in [0.717, 1.165) is 32.2 Å². The number of carbonyl (C=O) groups excluding carboxylic acids is 1. The van der Waals surface area contributed by atoms with Crippen LogP contribution in [-0.4, -0.2) is 19.4 Å². The second kappa shape index (κ2) is 5.10. The highest BCUT2D eigenvalue weighted by molar-refractivity contribution is 5.84. The molecule has 1 aliphatic heterocycles. The summed E-state index contributed by atoms with van der Waals surface area (Å²) >= 11 is 0. The number of hydrogen-bond donors (Lipinski definition) is 0. The molecular formula is C13H16FNO. The van der Waals surface area contributed by atoms with Crippen molar-refractivity contribution in [2.75, 3.05) is 18.0 Å². The topological polar surface area (TPSA) is 20.3 Å². The maximum Gasteiger partial charge on any atom is 0.152 e. The number of nitrogens with zero attached hydrogens (tertiary/aromatic N) is 1. The summed E-state index contributed by atoms with van der Waals surface area (Å²) in [5.41, 5.74) is 0.946. The Morgan fingerprint density at radius 2 is 1.81 bits per heavy atom. The first-order valence-corrected chi connectivity index (χ1v) is 5.81. The molecule has 0 bridgehead atoms. The Morgan fingerprint density at radius 1 is 1.12 bits per heavy atom. The molecule has 1 aliphatic rings. The van der Waals surface area contributed by atoms with Crippen LogP contribution in [0.25, 0.3) is 0 Å². The Labute approximate surface area is 95.1 Å². The van der Waals surface area contributed by atoms with Crippen LogP contribution >= 0.6 is 0 Å². The van der Waals surface area contributed by atoms with Crippen LogP contribution in [0.5, 0.6) is 0 Å². The van der Waals surface area contributed by atoms with Crippen LogP contribution in [0.3, 0.4) is 0 Å². The number of para-hydroxylation sites is 1. The van der Waals surface area contributed by atoms with Gasteiger partial charge in [-0.15, -0.1) is 0 Å². The first-order valence-electron chi connectivity index (χ1n) is 5.81. The fourth-order valence-electron chi connectivity index (χ4n) is 2.26. The summed E-state index contributed by atoms with van der Waals surface area (Å²) in [5.74, 6) is -0.286. The lowest BCUT2D eigenvalue weighted by Crippen LogP contribution is -2.26. The molecule has 0 aliphatic carbocycles. The van der Waals surface area contributed by atoms with E-state index in [-0.39, 0.29) is 5.82 Å². The minimum absolute atomic E-state index is 0.286. The van der Waals surface area contributed by atoms with Gasteiger partial charge in [-0.25, -0.2) is 4.39 Å². The van der Waals surface area contributed by atoms with E-state index in [0.29, 0.717) is 11.3 Å². The van der Waals surface area contributed by atoms with Gasteiger partial charge < -0.3 is 4.90 Å². The number of aldehydes is 1. The summed E-state index contributed by atoms with van der Waals surface area (Å²) in [6, 6.07) is 4.68. The van der Waals surface area contributed by atoms with Gasteiger partial charge in [0.1, 0.15) is 5.82 Å². The number of anilines is 1. The molecule has 1 aromatic carbocycles. The molecule has 0 saturated carbocycles. The van der Waals surface area contributed by atoms with Gasteiger partial charge in [-0.3, -0.25) is 4.79 Å². The molecule has 0 N–H and O–H groups in total. The van der Waals surface area contributed by atoms with E-state index in [1.54, 1.807) is 12.1 Å². The lowest BCUT2D eigenvalue weighted by molar-refractivity contribution is 0.112. The van der Waals surface area contributed by atoms with Gasteiger partial charge in [0.15, 0.2) is 6.29 Å². The molecule has 1 fully saturated rings. The minimum Gasteiger partial charge on any atom is -0.369 e. The summed E-state index contributed by atoms with van der Waals surface area (Å²) in [7, 11) is 0. The fraction of sp³-hybridized carbons (Fsp3) is 0.462. The highest BCUT2D eigenvalue weighted by atomic mass is 19.1. The molecular weight excluding hydrogens is 205 g/mol. The summed E-state index contributed by atoms with van der Waals surface area (Å²) in [5, 5.41) is 0. The molecule has 1 saturated heterocycles. The van der Waals surface area contributed by atoms with E-state index < -0.39 is 0 Å². The van der Waals surface area contributed by atoms with Crippen LogP contribution in [0.15, 0.2) is 18.2 Å². The normalized spacial score (nSPS) is 16.9. The monoisotopic (exact) mass is 221 g/mol. The van der Waals surface area contributed by atoms with E-state index in [4.69, 9.17) is 0 Å². The number of benzene rings is 1. The Kier molecular flexibility index (Phi) is 3.54. The lowest BCUT2D eigenvalue weighted by atomic mass is 10.1. The molecule has 0 spiro atoms. The van der Waals surface area contributed by atoms with E-state index in [1.807, 2.05) is 4.90 Å². The molecule has 2 nitrogen and oxygen atoms in total. The van der Waals surface area contributed by atoms with Gasteiger partial charge >= 0.3 is 0 Å². The van der Waals surface area contributed by atoms with Gasteiger partial charge in [0.2, 0.25) is 0 Å². The van der Waals surface area contributed by atoms with Crippen molar-refractivity contribution < 1.29 is 9.18 Å². The number of halogens is 1. The van der Waals surface area contributed by atoms with Crippen molar-refractivity contribution in [1.29, 1.82) is 0 Å². The second-order valence-corrected chi connectivity index (χ2v) is 4.20. The molecule has 0 atom stereocenters. The first-order chi connectivity index (χ1) is 7.83.